The molecule has 0 spiro atoms. The molecule has 0 N–H and O–H groups in total. The SMILES string of the molecule is CS(=O)(=O)CCC(=O)c1ccc(Br)cn1. The molecule has 0 saturated carbocycles. The number of carbonyl (C=O) groups is 1. The van der Waals surface area contributed by atoms with Gasteiger partial charge < -0.3 is 0 Å². The van der Waals surface area contributed by atoms with Crippen LogP contribution in [0, 0.1) is 0 Å². The first-order chi connectivity index (χ1) is 6.88. The molecule has 1 rings (SSSR count). The van der Waals surface area contributed by atoms with E-state index in [4.69, 9.17) is 0 Å². The number of Topliss-reactive ketones (excluding diaryl/α,β-unsaturated/α-hetero) is 1. The maximum atomic E-state index is 11.5. The van der Waals surface area contributed by atoms with Gasteiger partial charge in [-0.1, -0.05) is 0 Å². The van der Waals surface area contributed by atoms with Gasteiger partial charge in [-0.2, -0.15) is 0 Å². The molecule has 1 aromatic rings. The van der Waals surface area contributed by atoms with Crippen molar-refractivity contribution >= 4 is 31.6 Å². The summed E-state index contributed by atoms with van der Waals surface area (Å²) in [5, 5.41) is 0. The van der Waals surface area contributed by atoms with Gasteiger partial charge in [0.1, 0.15) is 15.5 Å². The molecule has 0 saturated heterocycles. The van der Waals surface area contributed by atoms with Gasteiger partial charge in [0.15, 0.2) is 5.78 Å². The van der Waals surface area contributed by atoms with Crippen molar-refractivity contribution in [3.8, 4) is 0 Å². The van der Waals surface area contributed by atoms with Crippen molar-refractivity contribution < 1.29 is 13.2 Å². The van der Waals surface area contributed by atoms with E-state index < -0.39 is 9.84 Å². The highest BCUT2D eigenvalue weighted by Crippen LogP contribution is 2.09. The maximum absolute atomic E-state index is 11.5. The van der Waals surface area contributed by atoms with E-state index in [1.165, 1.54) is 6.20 Å². The number of nitrogens with zero attached hydrogens (tertiary/aromatic N) is 1. The first-order valence-electron chi connectivity index (χ1n) is 4.21. The summed E-state index contributed by atoms with van der Waals surface area (Å²) in [7, 11) is -3.09. The summed E-state index contributed by atoms with van der Waals surface area (Å²) in [6.45, 7) is 0. The molecule has 0 aliphatic carbocycles. The third-order valence-corrected chi connectivity index (χ3v) is 3.13. The van der Waals surface area contributed by atoms with Gasteiger partial charge in [-0.25, -0.2) is 8.42 Å². The van der Waals surface area contributed by atoms with Crippen molar-refractivity contribution in [2.45, 2.75) is 6.42 Å². The second kappa shape index (κ2) is 4.85. The smallest absolute Gasteiger partial charge is 0.182 e. The molecule has 1 aromatic heterocycles. The summed E-state index contributed by atoms with van der Waals surface area (Å²) in [5.41, 5.74) is 0.293. The minimum absolute atomic E-state index is 0.0204. The number of aromatic nitrogens is 1. The number of hydrogen-bond donors (Lipinski definition) is 0. The fourth-order valence-electron chi connectivity index (χ4n) is 0.947. The molecule has 0 unspecified atom stereocenters. The first kappa shape index (κ1) is 12.3. The van der Waals surface area contributed by atoms with Crippen LogP contribution in [0.15, 0.2) is 22.8 Å². The van der Waals surface area contributed by atoms with Crippen LogP contribution in [-0.2, 0) is 9.84 Å². The number of hydrogen-bond acceptors (Lipinski definition) is 4. The molecule has 4 nitrogen and oxygen atoms in total. The topological polar surface area (TPSA) is 64.1 Å². The van der Waals surface area contributed by atoms with Crippen molar-refractivity contribution in [1.82, 2.24) is 4.98 Å². The molecule has 0 amide bonds. The molecule has 0 fully saturated rings. The number of rotatable bonds is 4. The van der Waals surface area contributed by atoms with Gasteiger partial charge in [0.05, 0.1) is 5.75 Å². The van der Waals surface area contributed by atoms with E-state index in [1.807, 2.05) is 0 Å². The van der Waals surface area contributed by atoms with Crippen LogP contribution < -0.4 is 0 Å². The maximum Gasteiger partial charge on any atom is 0.182 e. The predicted octanol–water partition coefficient (Wildman–Crippen LogP) is 1.46. The lowest BCUT2D eigenvalue weighted by molar-refractivity contribution is 0.0984. The molecule has 0 bridgehead atoms. The number of halogens is 1. The second-order valence-electron chi connectivity index (χ2n) is 3.16. The average Bonchev–Trinajstić information content (AvgIpc) is 2.14. The Kier molecular flexibility index (Phi) is 3.98. The highest BCUT2D eigenvalue weighted by atomic mass is 79.9. The Balaban J connectivity index is 2.66. The Labute approximate surface area is 96.8 Å². The zero-order valence-electron chi connectivity index (χ0n) is 8.10. The van der Waals surface area contributed by atoms with Crippen LogP contribution >= 0.6 is 15.9 Å². The van der Waals surface area contributed by atoms with E-state index in [-0.39, 0.29) is 18.0 Å². The lowest BCUT2D eigenvalue weighted by Crippen LogP contribution is -2.10. The van der Waals surface area contributed by atoms with E-state index in [1.54, 1.807) is 12.1 Å². The minimum atomic E-state index is -3.09. The lowest BCUT2D eigenvalue weighted by Gasteiger charge is -1.99. The van der Waals surface area contributed by atoms with Gasteiger partial charge in [0.2, 0.25) is 0 Å². The van der Waals surface area contributed by atoms with E-state index in [0.29, 0.717) is 5.69 Å². The van der Waals surface area contributed by atoms with Gasteiger partial charge >= 0.3 is 0 Å². The first-order valence-corrected chi connectivity index (χ1v) is 7.06. The Morgan fingerprint density at radius 3 is 2.60 bits per heavy atom. The minimum Gasteiger partial charge on any atom is -0.292 e. The summed E-state index contributed by atoms with van der Waals surface area (Å²) in [5.74, 6) is -0.392. The number of pyridine rings is 1. The van der Waals surface area contributed by atoms with Crippen LogP contribution in [-0.4, -0.2) is 31.2 Å². The monoisotopic (exact) mass is 291 g/mol. The molecule has 0 aromatic carbocycles. The molecule has 6 heteroatoms. The van der Waals surface area contributed by atoms with Crippen LogP contribution in [0.25, 0.3) is 0 Å². The summed E-state index contributed by atoms with van der Waals surface area (Å²) in [4.78, 5) is 15.3. The van der Waals surface area contributed by atoms with Crippen LogP contribution in [0.5, 0.6) is 0 Å². The second-order valence-corrected chi connectivity index (χ2v) is 6.34. The Morgan fingerprint density at radius 2 is 2.13 bits per heavy atom. The Hall–Kier alpha value is -0.750. The molecule has 0 aliphatic rings. The lowest BCUT2D eigenvalue weighted by atomic mass is 10.2. The van der Waals surface area contributed by atoms with Crippen molar-refractivity contribution in [3.63, 3.8) is 0 Å². The number of carbonyl (C=O) groups excluding carboxylic acids is 1. The molecule has 0 aliphatic heterocycles. The Bertz CT molecular complexity index is 453. The number of sulfone groups is 1. The number of ketones is 1. The summed E-state index contributed by atoms with van der Waals surface area (Å²) in [6.07, 6.45) is 2.59. The summed E-state index contributed by atoms with van der Waals surface area (Å²) in [6, 6.07) is 3.26. The normalized spacial score (nSPS) is 11.3. The van der Waals surface area contributed by atoms with Crippen molar-refractivity contribution in [2.75, 3.05) is 12.0 Å². The fraction of sp³-hybridized carbons (Fsp3) is 0.333. The molecular formula is C9H10BrNO3S. The third-order valence-electron chi connectivity index (χ3n) is 1.71. The average molecular weight is 292 g/mol. The summed E-state index contributed by atoms with van der Waals surface area (Å²) < 4.78 is 22.5. The third kappa shape index (κ3) is 4.53. The van der Waals surface area contributed by atoms with Crippen molar-refractivity contribution in [2.24, 2.45) is 0 Å². The van der Waals surface area contributed by atoms with Crippen LogP contribution in [0.3, 0.4) is 0 Å². The highest BCUT2D eigenvalue weighted by molar-refractivity contribution is 9.10. The molecule has 1 heterocycles. The van der Waals surface area contributed by atoms with Crippen LogP contribution in [0.2, 0.25) is 0 Å². The standard InChI is InChI=1S/C9H10BrNO3S/c1-15(13,14)5-4-9(12)8-3-2-7(10)6-11-8/h2-3,6H,4-5H2,1H3. The van der Waals surface area contributed by atoms with Gasteiger partial charge in [-0.15, -0.1) is 0 Å². The van der Waals surface area contributed by atoms with Gasteiger partial charge in [0, 0.05) is 23.3 Å². The van der Waals surface area contributed by atoms with Crippen LogP contribution in [0.1, 0.15) is 16.9 Å². The fourth-order valence-corrected chi connectivity index (χ4v) is 1.74. The van der Waals surface area contributed by atoms with Gasteiger partial charge in [-0.05, 0) is 28.1 Å². The molecule has 0 atom stereocenters. The van der Waals surface area contributed by atoms with E-state index in [2.05, 4.69) is 20.9 Å². The van der Waals surface area contributed by atoms with Gasteiger partial charge in [-0.3, -0.25) is 9.78 Å². The molecule has 82 valence electrons. The quantitative estimate of drug-likeness (QED) is 0.788. The predicted molar refractivity (Wildman–Crippen MR) is 60.6 cm³/mol. The van der Waals surface area contributed by atoms with Crippen LogP contribution in [0.4, 0.5) is 0 Å². The zero-order chi connectivity index (χ0) is 11.5. The highest BCUT2D eigenvalue weighted by Gasteiger charge is 2.10. The van der Waals surface area contributed by atoms with E-state index in [0.717, 1.165) is 10.7 Å². The molecule has 0 radical (unpaired) electrons. The van der Waals surface area contributed by atoms with Gasteiger partial charge in [0.25, 0.3) is 0 Å². The largest absolute Gasteiger partial charge is 0.292 e. The van der Waals surface area contributed by atoms with E-state index >= 15 is 0 Å². The Morgan fingerprint density at radius 1 is 1.47 bits per heavy atom. The van der Waals surface area contributed by atoms with Crippen molar-refractivity contribution in [1.29, 1.82) is 0 Å². The molecular weight excluding hydrogens is 282 g/mol. The summed E-state index contributed by atoms with van der Waals surface area (Å²) >= 11 is 3.20. The van der Waals surface area contributed by atoms with Crippen molar-refractivity contribution in [3.05, 3.63) is 28.5 Å². The van der Waals surface area contributed by atoms with E-state index in [9.17, 15) is 13.2 Å². The zero-order valence-corrected chi connectivity index (χ0v) is 10.5. The molecule has 15 heavy (non-hydrogen) atoms.